The van der Waals surface area contributed by atoms with Crippen molar-refractivity contribution in [1.29, 1.82) is 0 Å². The van der Waals surface area contributed by atoms with Gasteiger partial charge in [-0.15, -0.1) is 0 Å². The van der Waals surface area contributed by atoms with Gasteiger partial charge in [0.1, 0.15) is 5.82 Å². The van der Waals surface area contributed by atoms with E-state index in [4.69, 9.17) is 16.3 Å². The first kappa shape index (κ1) is 21.3. The van der Waals surface area contributed by atoms with E-state index in [2.05, 4.69) is 21.2 Å². The molecule has 2 aromatic rings. The van der Waals surface area contributed by atoms with E-state index in [1.54, 1.807) is 19.1 Å². The van der Waals surface area contributed by atoms with Gasteiger partial charge in [0.2, 0.25) is 5.91 Å². The van der Waals surface area contributed by atoms with E-state index < -0.39 is 30.2 Å². The van der Waals surface area contributed by atoms with E-state index in [-0.39, 0.29) is 18.9 Å². The molecule has 9 heteroatoms. The number of esters is 1. The minimum Gasteiger partial charge on any atom is -0.455 e. The van der Waals surface area contributed by atoms with E-state index in [0.717, 1.165) is 0 Å². The van der Waals surface area contributed by atoms with Crippen molar-refractivity contribution in [3.63, 3.8) is 0 Å². The molecule has 2 aromatic carbocycles. The number of benzene rings is 2. The van der Waals surface area contributed by atoms with Crippen LogP contribution in [0.15, 0.2) is 40.9 Å². The van der Waals surface area contributed by atoms with Crippen LogP contribution in [0.5, 0.6) is 0 Å². The average Bonchev–Trinajstić information content (AvgIpc) is 3.09. The van der Waals surface area contributed by atoms with Gasteiger partial charge in [0, 0.05) is 28.8 Å². The Labute approximate surface area is 180 Å². The van der Waals surface area contributed by atoms with Crippen LogP contribution in [0.2, 0.25) is 5.02 Å². The van der Waals surface area contributed by atoms with Crippen molar-refractivity contribution in [2.75, 3.05) is 23.4 Å². The molecule has 29 heavy (non-hydrogen) atoms. The van der Waals surface area contributed by atoms with Gasteiger partial charge in [-0.25, -0.2) is 4.39 Å². The molecule has 6 nitrogen and oxygen atoms in total. The number of nitrogens with one attached hydrogen (secondary N) is 1. The van der Waals surface area contributed by atoms with Crippen molar-refractivity contribution >= 4 is 56.7 Å². The number of carbonyl (C=O) groups excluding carboxylic acids is 3. The summed E-state index contributed by atoms with van der Waals surface area (Å²) >= 11 is 9.43. The molecule has 1 aliphatic heterocycles. The Balaban J connectivity index is 1.54. The van der Waals surface area contributed by atoms with Crippen LogP contribution >= 0.6 is 27.5 Å². The van der Waals surface area contributed by atoms with Gasteiger partial charge < -0.3 is 15.0 Å². The third-order valence-corrected chi connectivity index (χ3v) is 5.93. The molecule has 2 amide bonds. The van der Waals surface area contributed by atoms with Crippen LogP contribution in [0.25, 0.3) is 0 Å². The summed E-state index contributed by atoms with van der Waals surface area (Å²) in [5, 5.41) is 3.12. The third kappa shape index (κ3) is 4.94. The minimum atomic E-state index is -0.691. The summed E-state index contributed by atoms with van der Waals surface area (Å²) in [4.78, 5) is 38.0. The zero-order valence-electron chi connectivity index (χ0n) is 15.4. The van der Waals surface area contributed by atoms with Crippen LogP contribution in [0.3, 0.4) is 0 Å². The smallest absolute Gasteiger partial charge is 0.311 e. The van der Waals surface area contributed by atoms with Crippen LogP contribution in [-0.4, -0.2) is 30.9 Å². The normalized spacial score (nSPS) is 16.1. The van der Waals surface area contributed by atoms with Gasteiger partial charge in [0.05, 0.1) is 10.9 Å². The van der Waals surface area contributed by atoms with Crippen LogP contribution in [0.1, 0.15) is 12.0 Å². The van der Waals surface area contributed by atoms with Gasteiger partial charge in [0.15, 0.2) is 6.61 Å². The van der Waals surface area contributed by atoms with Crippen molar-refractivity contribution in [3.8, 4) is 0 Å². The lowest BCUT2D eigenvalue weighted by Crippen LogP contribution is -2.28. The second-order valence-corrected chi connectivity index (χ2v) is 7.80. The summed E-state index contributed by atoms with van der Waals surface area (Å²) in [6.07, 6.45) is -0.0285. The Bertz CT molecular complexity index is 968. The van der Waals surface area contributed by atoms with E-state index in [1.807, 2.05) is 0 Å². The highest BCUT2D eigenvalue weighted by Gasteiger charge is 2.36. The van der Waals surface area contributed by atoms with Crippen molar-refractivity contribution in [2.24, 2.45) is 5.92 Å². The van der Waals surface area contributed by atoms with Gasteiger partial charge in [-0.3, -0.25) is 14.4 Å². The van der Waals surface area contributed by atoms with E-state index in [1.165, 1.54) is 29.2 Å². The molecule has 0 spiro atoms. The Morgan fingerprint density at radius 1 is 1.28 bits per heavy atom. The van der Waals surface area contributed by atoms with Crippen molar-refractivity contribution in [3.05, 3.63) is 57.3 Å². The second kappa shape index (κ2) is 8.92. The maximum absolute atomic E-state index is 13.0. The number of ether oxygens (including phenoxy) is 1. The molecule has 0 aromatic heterocycles. The molecule has 3 rings (SSSR count). The predicted octanol–water partition coefficient (Wildman–Crippen LogP) is 4.08. The molecule has 0 unspecified atom stereocenters. The highest BCUT2D eigenvalue weighted by molar-refractivity contribution is 9.10. The first-order valence-corrected chi connectivity index (χ1v) is 9.90. The number of hydrogen-bond donors (Lipinski definition) is 1. The average molecular weight is 484 g/mol. The van der Waals surface area contributed by atoms with Crippen molar-refractivity contribution < 1.29 is 23.5 Å². The van der Waals surface area contributed by atoms with Crippen LogP contribution < -0.4 is 10.2 Å². The highest BCUT2D eigenvalue weighted by Crippen LogP contribution is 2.31. The fraction of sp³-hybridized carbons (Fsp3) is 0.250. The lowest BCUT2D eigenvalue weighted by atomic mass is 10.1. The zero-order valence-corrected chi connectivity index (χ0v) is 17.7. The number of nitrogens with zero attached hydrogens (tertiary/aromatic N) is 1. The van der Waals surface area contributed by atoms with Crippen LogP contribution in [-0.2, 0) is 19.1 Å². The Morgan fingerprint density at radius 3 is 2.66 bits per heavy atom. The molecule has 0 saturated carbocycles. The van der Waals surface area contributed by atoms with Crippen molar-refractivity contribution in [1.82, 2.24) is 0 Å². The molecular formula is C20H17BrClFN2O4. The van der Waals surface area contributed by atoms with Gasteiger partial charge in [-0.2, -0.15) is 0 Å². The Kier molecular flexibility index (Phi) is 6.54. The predicted molar refractivity (Wildman–Crippen MR) is 110 cm³/mol. The zero-order chi connectivity index (χ0) is 21.1. The first-order chi connectivity index (χ1) is 13.8. The quantitative estimate of drug-likeness (QED) is 0.650. The minimum absolute atomic E-state index is 0.0285. The van der Waals surface area contributed by atoms with Crippen LogP contribution in [0, 0.1) is 18.7 Å². The number of rotatable bonds is 5. The summed E-state index contributed by atoms with van der Waals surface area (Å²) in [7, 11) is 0. The molecule has 1 heterocycles. The SMILES string of the molecule is Cc1c(NC(=O)COC(=O)[C@@H]2CC(=O)N(c3ccc(F)cc3)C2)ccc(Br)c1Cl. The summed E-state index contributed by atoms with van der Waals surface area (Å²) < 4.78 is 18.8. The number of amides is 2. The molecule has 0 aliphatic carbocycles. The second-order valence-electron chi connectivity index (χ2n) is 6.57. The standard InChI is InChI=1S/C20H17BrClFN2O4/c1-11-16(7-6-15(21)19(11)22)24-17(26)10-29-20(28)12-8-18(27)25(9-12)14-4-2-13(23)3-5-14/h2-7,12H,8-10H2,1H3,(H,24,26)/t12-/m1/s1. The third-order valence-electron chi connectivity index (χ3n) is 4.56. The summed E-state index contributed by atoms with van der Waals surface area (Å²) in [5.41, 5.74) is 1.70. The van der Waals surface area contributed by atoms with Gasteiger partial charge in [-0.1, -0.05) is 11.6 Å². The Hall–Kier alpha value is -2.45. The lowest BCUT2D eigenvalue weighted by molar-refractivity contribution is -0.151. The highest BCUT2D eigenvalue weighted by atomic mass is 79.9. The molecule has 152 valence electrons. The number of hydrogen-bond acceptors (Lipinski definition) is 4. The van der Waals surface area contributed by atoms with Gasteiger partial charge >= 0.3 is 5.97 Å². The van der Waals surface area contributed by atoms with E-state index >= 15 is 0 Å². The maximum Gasteiger partial charge on any atom is 0.311 e. The monoisotopic (exact) mass is 482 g/mol. The fourth-order valence-electron chi connectivity index (χ4n) is 2.96. The topological polar surface area (TPSA) is 75.7 Å². The van der Waals surface area contributed by atoms with E-state index in [9.17, 15) is 18.8 Å². The Morgan fingerprint density at radius 2 is 1.97 bits per heavy atom. The molecule has 1 N–H and O–H groups in total. The molecule has 0 radical (unpaired) electrons. The van der Waals surface area contributed by atoms with Gasteiger partial charge in [-0.05, 0) is 64.8 Å². The number of carbonyl (C=O) groups is 3. The van der Waals surface area contributed by atoms with Crippen LogP contribution in [0.4, 0.5) is 15.8 Å². The van der Waals surface area contributed by atoms with Gasteiger partial charge in [0.25, 0.3) is 5.91 Å². The molecule has 1 aliphatic rings. The number of anilines is 2. The molecule has 1 fully saturated rings. The summed E-state index contributed by atoms with van der Waals surface area (Å²) in [6.45, 7) is 1.39. The largest absolute Gasteiger partial charge is 0.455 e. The molecule has 1 atom stereocenters. The van der Waals surface area contributed by atoms with Crippen molar-refractivity contribution in [2.45, 2.75) is 13.3 Å². The summed E-state index contributed by atoms with van der Waals surface area (Å²) in [5.74, 6) is -2.51. The fourth-order valence-corrected chi connectivity index (χ4v) is 3.56. The molecule has 1 saturated heterocycles. The molecular weight excluding hydrogens is 467 g/mol. The molecule has 0 bridgehead atoms. The lowest BCUT2D eigenvalue weighted by Gasteiger charge is -2.16. The maximum atomic E-state index is 13.0. The summed E-state index contributed by atoms with van der Waals surface area (Å²) in [6, 6.07) is 8.82. The number of halogens is 3. The van der Waals surface area contributed by atoms with E-state index in [0.29, 0.717) is 26.4 Å². The first-order valence-electron chi connectivity index (χ1n) is 8.73.